The highest BCUT2D eigenvalue weighted by molar-refractivity contribution is 8.13. The average molecular weight is 481 g/mol. The summed E-state index contributed by atoms with van der Waals surface area (Å²) in [5, 5.41) is 2.97. The van der Waals surface area contributed by atoms with Crippen LogP contribution >= 0.6 is 11.8 Å². The SMILES string of the molecule is O=C(CCN1CCSC1=O)Nc1cc(S(=O)(=O)N2CCCCC2)ccc1N1CCCCC1. The summed E-state index contributed by atoms with van der Waals surface area (Å²) in [6.45, 7) is 3.91. The van der Waals surface area contributed by atoms with Crippen LogP contribution in [0.4, 0.5) is 16.2 Å². The molecule has 3 fully saturated rings. The zero-order valence-electron chi connectivity index (χ0n) is 18.4. The molecule has 0 bridgehead atoms. The quantitative estimate of drug-likeness (QED) is 0.644. The largest absolute Gasteiger partial charge is 0.370 e. The summed E-state index contributed by atoms with van der Waals surface area (Å²) < 4.78 is 28.0. The number of nitrogens with one attached hydrogen (secondary N) is 1. The van der Waals surface area contributed by atoms with Crippen LogP contribution in [0.15, 0.2) is 23.1 Å². The monoisotopic (exact) mass is 480 g/mol. The third kappa shape index (κ3) is 5.40. The van der Waals surface area contributed by atoms with Crippen LogP contribution in [0.25, 0.3) is 0 Å². The highest BCUT2D eigenvalue weighted by atomic mass is 32.2. The van der Waals surface area contributed by atoms with Crippen molar-refractivity contribution in [3.8, 4) is 0 Å². The van der Waals surface area contributed by atoms with Gasteiger partial charge in [0, 0.05) is 51.4 Å². The van der Waals surface area contributed by atoms with Gasteiger partial charge in [0.2, 0.25) is 15.9 Å². The molecule has 3 heterocycles. The van der Waals surface area contributed by atoms with Crippen LogP contribution < -0.4 is 10.2 Å². The smallest absolute Gasteiger partial charge is 0.281 e. The van der Waals surface area contributed by atoms with Crippen molar-refractivity contribution in [2.24, 2.45) is 0 Å². The van der Waals surface area contributed by atoms with E-state index in [-0.39, 0.29) is 22.5 Å². The van der Waals surface area contributed by atoms with Crippen molar-refractivity contribution in [1.29, 1.82) is 0 Å². The molecule has 0 saturated carbocycles. The van der Waals surface area contributed by atoms with E-state index < -0.39 is 10.0 Å². The Labute approximate surface area is 194 Å². The molecule has 4 rings (SSSR count). The Hall–Kier alpha value is -1.78. The van der Waals surface area contributed by atoms with Crippen molar-refractivity contribution in [2.45, 2.75) is 49.8 Å². The summed E-state index contributed by atoms with van der Waals surface area (Å²) in [4.78, 5) is 28.7. The molecule has 3 aliphatic heterocycles. The molecule has 1 aromatic rings. The lowest BCUT2D eigenvalue weighted by atomic mass is 10.1. The topological polar surface area (TPSA) is 90.0 Å². The minimum absolute atomic E-state index is 0.0152. The van der Waals surface area contributed by atoms with Crippen molar-refractivity contribution in [3.63, 3.8) is 0 Å². The summed E-state index contributed by atoms with van der Waals surface area (Å²) in [6.07, 6.45) is 6.34. The predicted molar refractivity (Wildman–Crippen MR) is 128 cm³/mol. The van der Waals surface area contributed by atoms with Gasteiger partial charge in [-0.05, 0) is 50.3 Å². The van der Waals surface area contributed by atoms with Crippen molar-refractivity contribution >= 4 is 44.3 Å². The number of hydrogen-bond acceptors (Lipinski definition) is 6. The fourth-order valence-corrected chi connectivity index (χ4v) is 6.91. The Balaban J connectivity index is 1.54. The molecule has 8 nitrogen and oxygen atoms in total. The van der Waals surface area contributed by atoms with Crippen molar-refractivity contribution < 1.29 is 18.0 Å². The van der Waals surface area contributed by atoms with Gasteiger partial charge in [-0.25, -0.2) is 8.42 Å². The fourth-order valence-electron chi connectivity index (χ4n) is 4.52. The van der Waals surface area contributed by atoms with Gasteiger partial charge in [-0.2, -0.15) is 4.31 Å². The Morgan fingerprint density at radius 3 is 2.31 bits per heavy atom. The number of thioether (sulfide) groups is 1. The number of sulfonamides is 1. The van der Waals surface area contributed by atoms with Crippen molar-refractivity contribution in [2.75, 3.05) is 55.2 Å². The number of carbonyl (C=O) groups excluding carboxylic acids is 2. The van der Waals surface area contributed by atoms with E-state index in [4.69, 9.17) is 0 Å². The molecule has 10 heteroatoms. The van der Waals surface area contributed by atoms with Gasteiger partial charge in [0.25, 0.3) is 5.24 Å². The minimum atomic E-state index is -3.59. The van der Waals surface area contributed by atoms with E-state index >= 15 is 0 Å². The second-order valence-electron chi connectivity index (χ2n) is 8.59. The molecule has 1 aromatic carbocycles. The fraction of sp³-hybridized carbons (Fsp3) is 0.636. The maximum Gasteiger partial charge on any atom is 0.281 e. The molecule has 0 spiro atoms. The maximum absolute atomic E-state index is 13.2. The van der Waals surface area contributed by atoms with Gasteiger partial charge in [-0.1, -0.05) is 18.2 Å². The lowest BCUT2D eigenvalue weighted by molar-refractivity contribution is -0.116. The first kappa shape index (κ1) is 23.4. The first-order valence-corrected chi connectivity index (χ1v) is 14.0. The number of amides is 2. The number of nitrogens with zero attached hydrogens (tertiary/aromatic N) is 3. The molecule has 2 amide bonds. The summed E-state index contributed by atoms with van der Waals surface area (Å²) in [6, 6.07) is 5.12. The van der Waals surface area contributed by atoms with Gasteiger partial charge in [-0.15, -0.1) is 0 Å². The van der Waals surface area contributed by atoms with Crippen molar-refractivity contribution in [3.05, 3.63) is 18.2 Å². The highest BCUT2D eigenvalue weighted by Crippen LogP contribution is 2.33. The summed E-state index contributed by atoms with van der Waals surface area (Å²) >= 11 is 1.28. The molecule has 0 radical (unpaired) electrons. The first-order valence-electron chi connectivity index (χ1n) is 11.6. The number of carbonyl (C=O) groups is 2. The van der Waals surface area contributed by atoms with Gasteiger partial charge in [0.15, 0.2) is 0 Å². The van der Waals surface area contributed by atoms with Crippen LogP contribution in [0.2, 0.25) is 0 Å². The number of rotatable bonds is 7. The molecular formula is C22H32N4O4S2. The second kappa shape index (κ2) is 10.4. The molecule has 0 aliphatic carbocycles. The van der Waals surface area contributed by atoms with Gasteiger partial charge in [0.1, 0.15) is 0 Å². The van der Waals surface area contributed by atoms with E-state index in [1.54, 1.807) is 21.3 Å². The molecule has 0 aromatic heterocycles. The summed E-state index contributed by atoms with van der Waals surface area (Å²) in [5.74, 6) is 0.552. The number of anilines is 2. The van der Waals surface area contributed by atoms with Crippen LogP contribution in [0.3, 0.4) is 0 Å². The van der Waals surface area contributed by atoms with Crippen LogP contribution in [0.1, 0.15) is 44.9 Å². The molecule has 1 N–H and O–H groups in total. The molecular weight excluding hydrogens is 448 g/mol. The zero-order chi connectivity index (χ0) is 22.6. The second-order valence-corrected chi connectivity index (χ2v) is 11.6. The Kier molecular flexibility index (Phi) is 7.63. The molecule has 0 unspecified atom stereocenters. The lowest BCUT2D eigenvalue weighted by Gasteiger charge is -2.31. The van der Waals surface area contributed by atoms with E-state index in [2.05, 4.69) is 10.2 Å². The standard InChI is InChI=1S/C22H32N4O4S2/c27-21(9-14-25-15-16-31-22(25)28)23-19-17-18(32(29,30)26-12-5-2-6-13-26)7-8-20(19)24-10-3-1-4-11-24/h7-8,17H,1-6,9-16H2,(H,23,27). The van der Waals surface area contributed by atoms with Gasteiger partial charge < -0.3 is 15.1 Å². The number of piperidine rings is 2. The number of hydrogen-bond donors (Lipinski definition) is 1. The van der Waals surface area contributed by atoms with Crippen LogP contribution in [0.5, 0.6) is 0 Å². The predicted octanol–water partition coefficient (Wildman–Crippen LogP) is 3.35. The normalized spacial score (nSPS) is 20.6. The highest BCUT2D eigenvalue weighted by Gasteiger charge is 2.28. The third-order valence-corrected chi connectivity index (χ3v) is 9.13. The van der Waals surface area contributed by atoms with Crippen LogP contribution in [-0.2, 0) is 14.8 Å². The van der Waals surface area contributed by atoms with E-state index in [9.17, 15) is 18.0 Å². The van der Waals surface area contributed by atoms with Gasteiger partial charge in [0.05, 0.1) is 16.3 Å². The molecule has 32 heavy (non-hydrogen) atoms. The van der Waals surface area contributed by atoms with Gasteiger partial charge >= 0.3 is 0 Å². The summed E-state index contributed by atoms with van der Waals surface area (Å²) in [7, 11) is -3.59. The maximum atomic E-state index is 13.2. The Morgan fingerprint density at radius 2 is 1.66 bits per heavy atom. The molecule has 176 valence electrons. The average Bonchev–Trinajstić information content (AvgIpc) is 3.23. The Bertz CT molecular complexity index is 941. The zero-order valence-corrected chi connectivity index (χ0v) is 20.1. The molecule has 3 saturated heterocycles. The van der Waals surface area contributed by atoms with E-state index in [0.717, 1.165) is 56.6 Å². The van der Waals surface area contributed by atoms with Crippen LogP contribution in [-0.4, -0.2) is 73.8 Å². The number of benzene rings is 1. The van der Waals surface area contributed by atoms with E-state index in [1.807, 2.05) is 6.07 Å². The minimum Gasteiger partial charge on any atom is -0.370 e. The third-order valence-electron chi connectivity index (χ3n) is 6.35. The van der Waals surface area contributed by atoms with Crippen molar-refractivity contribution in [1.82, 2.24) is 9.21 Å². The first-order chi connectivity index (χ1) is 15.4. The Morgan fingerprint density at radius 1 is 0.969 bits per heavy atom. The summed E-state index contributed by atoms with van der Waals surface area (Å²) in [5.41, 5.74) is 1.40. The van der Waals surface area contributed by atoms with Gasteiger partial charge in [-0.3, -0.25) is 9.59 Å². The van der Waals surface area contributed by atoms with E-state index in [1.165, 1.54) is 18.2 Å². The van der Waals surface area contributed by atoms with E-state index in [0.29, 0.717) is 31.9 Å². The lowest BCUT2D eigenvalue weighted by Crippen LogP contribution is -2.36. The molecule has 3 aliphatic rings. The van der Waals surface area contributed by atoms with Crippen LogP contribution in [0, 0.1) is 0 Å². The molecule has 0 atom stereocenters.